The van der Waals surface area contributed by atoms with E-state index in [1.807, 2.05) is 0 Å². The number of aromatic nitrogens is 1. The van der Waals surface area contributed by atoms with Gasteiger partial charge in [0.25, 0.3) is 0 Å². The molecule has 2 rings (SSSR count). The number of hydrogen-bond acceptors (Lipinski definition) is 2. The van der Waals surface area contributed by atoms with Crippen LogP contribution in [0.2, 0.25) is 0 Å². The lowest BCUT2D eigenvalue weighted by atomic mass is 10.1. The molecule has 0 saturated carbocycles. The molecule has 0 spiro atoms. The van der Waals surface area contributed by atoms with Gasteiger partial charge in [-0.05, 0) is 24.3 Å². The Morgan fingerprint density at radius 3 is 2.14 bits per heavy atom. The first kappa shape index (κ1) is 16.0. The summed E-state index contributed by atoms with van der Waals surface area (Å²) in [4.78, 5) is 14.0. The molecule has 1 heterocycles. The smallest absolute Gasteiger partial charge is 0.298 e. The molecule has 1 aromatic carbocycles. The second-order valence-corrected chi connectivity index (χ2v) is 4.37. The first-order chi connectivity index (χ1) is 10.1. The van der Waals surface area contributed by atoms with Crippen LogP contribution in [0.5, 0.6) is 0 Å². The molecule has 116 valence electrons. The van der Waals surface area contributed by atoms with Crippen molar-refractivity contribution in [1.29, 1.82) is 0 Å². The van der Waals surface area contributed by atoms with Crippen LogP contribution in [0.3, 0.4) is 0 Å². The van der Waals surface area contributed by atoms with Gasteiger partial charge in [0.1, 0.15) is 12.0 Å². The molecule has 0 unspecified atom stereocenters. The van der Waals surface area contributed by atoms with Crippen molar-refractivity contribution >= 4 is 6.29 Å². The molecule has 0 aliphatic carbocycles. The highest BCUT2D eigenvalue weighted by atomic mass is 19.4. The molecule has 0 amide bonds. The Hall–Kier alpha value is -2.38. The number of halogens is 6. The van der Waals surface area contributed by atoms with Crippen LogP contribution in [-0.4, -0.2) is 11.3 Å². The van der Waals surface area contributed by atoms with Gasteiger partial charge in [-0.1, -0.05) is 12.1 Å². The van der Waals surface area contributed by atoms with Gasteiger partial charge in [0, 0.05) is 11.1 Å². The molecule has 8 heteroatoms. The zero-order valence-electron chi connectivity index (χ0n) is 10.7. The predicted molar refractivity (Wildman–Crippen MR) is 65.1 cm³/mol. The van der Waals surface area contributed by atoms with Gasteiger partial charge in [-0.2, -0.15) is 26.3 Å². The van der Waals surface area contributed by atoms with E-state index >= 15 is 0 Å². The standard InChI is InChI=1S/C14H7F6NO/c15-13(16,17)10-3-1-2-9(6-10)11-4-8(7-22)5-12(21-11)14(18,19)20/h1-7H. The molecule has 0 fully saturated rings. The van der Waals surface area contributed by atoms with Crippen LogP contribution in [0.1, 0.15) is 21.6 Å². The lowest BCUT2D eigenvalue weighted by molar-refractivity contribution is -0.141. The van der Waals surface area contributed by atoms with Gasteiger partial charge in [-0.25, -0.2) is 4.98 Å². The summed E-state index contributed by atoms with van der Waals surface area (Å²) in [5.41, 5.74) is -3.21. The van der Waals surface area contributed by atoms with E-state index < -0.39 is 23.6 Å². The third-order valence-electron chi connectivity index (χ3n) is 2.76. The van der Waals surface area contributed by atoms with E-state index in [9.17, 15) is 31.1 Å². The minimum Gasteiger partial charge on any atom is -0.298 e. The second kappa shape index (κ2) is 5.43. The second-order valence-electron chi connectivity index (χ2n) is 4.37. The summed E-state index contributed by atoms with van der Waals surface area (Å²) >= 11 is 0. The van der Waals surface area contributed by atoms with Crippen molar-refractivity contribution in [3.63, 3.8) is 0 Å². The highest BCUT2D eigenvalue weighted by Gasteiger charge is 2.34. The predicted octanol–water partition coefficient (Wildman–Crippen LogP) is 4.60. The summed E-state index contributed by atoms with van der Waals surface area (Å²) in [6.07, 6.45) is -9.27. The minimum absolute atomic E-state index is 0.163. The van der Waals surface area contributed by atoms with Gasteiger partial charge in [0.15, 0.2) is 0 Å². The third-order valence-corrected chi connectivity index (χ3v) is 2.76. The molecule has 0 atom stereocenters. The normalized spacial score (nSPS) is 12.3. The average Bonchev–Trinajstić information content (AvgIpc) is 2.45. The first-order valence-electron chi connectivity index (χ1n) is 5.83. The fraction of sp³-hybridized carbons (Fsp3) is 0.143. The summed E-state index contributed by atoms with van der Waals surface area (Å²) in [6, 6.07) is 5.24. The van der Waals surface area contributed by atoms with Crippen molar-refractivity contribution in [3.8, 4) is 11.3 Å². The third kappa shape index (κ3) is 3.44. The molecule has 0 radical (unpaired) electrons. The van der Waals surface area contributed by atoms with E-state index in [4.69, 9.17) is 0 Å². The van der Waals surface area contributed by atoms with Crippen LogP contribution in [0.4, 0.5) is 26.3 Å². The van der Waals surface area contributed by atoms with Crippen molar-refractivity contribution in [3.05, 3.63) is 53.2 Å². The largest absolute Gasteiger partial charge is 0.433 e. The van der Waals surface area contributed by atoms with Crippen LogP contribution >= 0.6 is 0 Å². The number of nitrogens with zero attached hydrogens (tertiary/aromatic N) is 1. The highest BCUT2D eigenvalue weighted by molar-refractivity contribution is 5.78. The number of carbonyl (C=O) groups excluding carboxylic acids is 1. The number of benzene rings is 1. The van der Waals surface area contributed by atoms with Gasteiger partial charge < -0.3 is 0 Å². The average molecular weight is 319 g/mol. The summed E-state index contributed by atoms with van der Waals surface area (Å²) < 4.78 is 76.1. The number of pyridine rings is 1. The zero-order chi connectivity index (χ0) is 16.5. The van der Waals surface area contributed by atoms with Crippen LogP contribution in [-0.2, 0) is 12.4 Å². The first-order valence-corrected chi connectivity index (χ1v) is 5.83. The number of rotatable bonds is 2. The molecule has 1 aromatic heterocycles. The molecule has 0 N–H and O–H groups in total. The van der Waals surface area contributed by atoms with Crippen molar-refractivity contribution in [2.24, 2.45) is 0 Å². The van der Waals surface area contributed by atoms with E-state index in [1.165, 1.54) is 6.07 Å². The van der Waals surface area contributed by atoms with E-state index in [-0.39, 0.29) is 23.1 Å². The summed E-state index contributed by atoms with van der Waals surface area (Å²) in [6.45, 7) is 0. The van der Waals surface area contributed by atoms with E-state index in [0.29, 0.717) is 12.1 Å². The van der Waals surface area contributed by atoms with Gasteiger partial charge in [0.2, 0.25) is 0 Å². The lowest BCUT2D eigenvalue weighted by Crippen LogP contribution is -2.10. The van der Waals surface area contributed by atoms with E-state index in [2.05, 4.69) is 4.98 Å². The Morgan fingerprint density at radius 1 is 0.909 bits per heavy atom. The molecule has 0 aliphatic rings. The van der Waals surface area contributed by atoms with Crippen LogP contribution < -0.4 is 0 Å². The summed E-state index contributed by atoms with van der Waals surface area (Å²) in [5.74, 6) is 0. The maximum Gasteiger partial charge on any atom is 0.433 e. The molecular weight excluding hydrogens is 312 g/mol. The quantitative estimate of drug-likeness (QED) is 0.598. The molecule has 0 bridgehead atoms. The summed E-state index contributed by atoms with van der Waals surface area (Å²) in [7, 11) is 0. The Morgan fingerprint density at radius 2 is 1.59 bits per heavy atom. The molecular formula is C14H7F6NO. The van der Waals surface area contributed by atoms with Crippen LogP contribution in [0, 0.1) is 0 Å². The summed E-state index contributed by atoms with van der Waals surface area (Å²) in [5, 5.41) is 0. The Labute approximate surface area is 120 Å². The SMILES string of the molecule is O=Cc1cc(-c2cccc(C(F)(F)F)c2)nc(C(F)(F)F)c1. The maximum atomic E-state index is 12.7. The molecule has 2 nitrogen and oxygen atoms in total. The Balaban J connectivity index is 2.60. The molecule has 0 aliphatic heterocycles. The fourth-order valence-corrected chi connectivity index (χ4v) is 1.77. The Kier molecular flexibility index (Phi) is 3.95. The minimum atomic E-state index is -4.81. The van der Waals surface area contributed by atoms with Gasteiger partial charge in [-0.15, -0.1) is 0 Å². The monoisotopic (exact) mass is 319 g/mol. The molecule has 2 aromatic rings. The van der Waals surface area contributed by atoms with Crippen LogP contribution in [0.15, 0.2) is 36.4 Å². The molecule has 0 saturated heterocycles. The Bertz CT molecular complexity index is 705. The van der Waals surface area contributed by atoms with Gasteiger partial charge in [-0.3, -0.25) is 4.79 Å². The van der Waals surface area contributed by atoms with Crippen molar-refractivity contribution < 1.29 is 31.1 Å². The highest BCUT2D eigenvalue weighted by Crippen LogP contribution is 2.33. The number of carbonyl (C=O) groups is 1. The number of alkyl halides is 6. The van der Waals surface area contributed by atoms with Crippen molar-refractivity contribution in [2.75, 3.05) is 0 Å². The lowest BCUT2D eigenvalue weighted by Gasteiger charge is -2.11. The number of hydrogen-bond donors (Lipinski definition) is 0. The van der Waals surface area contributed by atoms with Crippen molar-refractivity contribution in [1.82, 2.24) is 4.98 Å². The van der Waals surface area contributed by atoms with E-state index in [0.717, 1.165) is 18.2 Å². The van der Waals surface area contributed by atoms with Crippen LogP contribution in [0.25, 0.3) is 11.3 Å². The van der Waals surface area contributed by atoms with Gasteiger partial charge in [0.05, 0.1) is 11.3 Å². The molecule has 22 heavy (non-hydrogen) atoms. The van der Waals surface area contributed by atoms with Crippen molar-refractivity contribution in [2.45, 2.75) is 12.4 Å². The van der Waals surface area contributed by atoms with Gasteiger partial charge >= 0.3 is 12.4 Å². The maximum absolute atomic E-state index is 12.7. The van der Waals surface area contributed by atoms with E-state index in [1.54, 1.807) is 0 Å². The number of aldehydes is 1. The fourth-order valence-electron chi connectivity index (χ4n) is 1.77. The topological polar surface area (TPSA) is 30.0 Å². The zero-order valence-corrected chi connectivity index (χ0v) is 10.7.